The molecule has 1 atom stereocenters. The second kappa shape index (κ2) is 7.25. The van der Waals surface area contributed by atoms with Gasteiger partial charge < -0.3 is 10.0 Å². The number of aliphatic hydroxyl groups is 1. The minimum absolute atomic E-state index is 0.0982. The zero-order valence-corrected chi connectivity index (χ0v) is 15.9. The summed E-state index contributed by atoms with van der Waals surface area (Å²) in [5, 5.41) is 20.8. The van der Waals surface area contributed by atoms with Crippen LogP contribution in [-0.2, 0) is 6.54 Å². The lowest BCUT2D eigenvalue weighted by Gasteiger charge is -2.28. The van der Waals surface area contributed by atoms with E-state index in [1.165, 1.54) is 0 Å². The number of benzene rings is 2. The fourth-order valence-corrected chi connectivity index (χ4v) is 4.27. The van der Waals surface area contributed by atoms with Gasteiger partial charge in [-0.15, -0.1) is 5.10 Å². The Morgan fingerprint density at radius 2 is 1.86 bits per heavy atom. The summed E-state index contributed by atoms with van der Waals surface area (Å²) in [6.07, 6.45) is 3.60. The summed E-state index contributed by atoms with van der Waals surface area (Å²) in [4.78, 5) is 20.2. The molecule has 1 aliphatic rings. The van der Waals surface area contributed by atoms with Gasteiger partial charge in [0.25, 0.3) is 5.56 Å². The summed E-state index contributed by atoms with van der Waals surface area (Å²) in [6, 6.07) is 15.3. The van der Waals surface area contributed by atoms with Crippen LogP contribution in [0.2, 0.25) is 0 Å². The van der Waals surface area contributed by atoms with E-state index in [4.69, 9.17) is 4.98 Å². The van der Waals surface area contributed by atoms with E-state index >= 15 is 0 Å². The molecule has 0 bridgehead atoms. The number of aliphatic hydroxyl groups excluding tert-OH is 1. The Kier molecular flexibility index (Phi) is 4.44. The van der Waals surface area contributed by atoms with E-state index in [0.29, 0.717) is 16.7 Å². The molecule has 4 aromatic rings. The van der Waals surface area contributed by atoms with Crippen molar-refractivity contribution in [3.05, 3.63) is 70.9 Å². The average molecular weight is 387 g/mol. The summed E-state index contributed by atoms with van der Waals surface area (Å²) in [7, 11) is 0. The number of rotatable bonds is 4. The normalized spacial score (nSPS) is 16.7. The molecular weight excluding hydrogens is 366 g/mol. The monoisotopic (exact) mass is 387 g/mol. The molecule has 29 heavy (non-hydrogen) atoms. The topological polar surface area (TPSA) is 84.1 Å². The number of aromatic nitrogens is 4. The summed E-state index contributed by atoms with van der Waals surface area (Å²) in [5.41, 5.74) is 0.563. The highest BCUT2D eigenvalue weighted by atomic mass is 16.3. The molecule has 0 spiro atoms. The first-order chi connectivity index (χ1) is 14.3. The first-order valence-electron chi connectivity index (χ1n) is 9.85. The molecule has 0 aliphatic carbocycles. The summed E-state index contributed by atoms with van der Waals surface area (Å²) in [6.45, 7) is 0.917. The molecular formula is C22H21N5O2. The number of hydrogen-bond acceptors (Lipinski definition) is 6. The third-order valence-corrected chi connectivity index (χ3v) is 5.59. The van der Waals surface area contributed by atoms with Crippen molar-refractivity contribution in [2.24, 2.45) is 0 Å². The third-order valence-electron chi connectivity index (χ3n) is 5.59. The quantitative estimate of drug-likeness (QED) is 0.580. The molecule has 3 heterocycles. The zero-order valence-electron chi connectivity index (χ0n) is 15.9. The molecule has 7 nitrogen and oxygen atoms in total. The highest BCUT2D eigenvalue weighted by Gasteiger charge is 2.32. The maximum absolute atomic E-state index is 13.1. The lowest BCUT2D eigenvalue weighted by molar-refractivity contribution is 0.270. The van der Waals surface area contributed by atoms with Crippen LogP contribution in [-0.4, -0.2) is 38.0 Å². The van der Waals surface area contributed by atoms with Crippen molar-refractivity contribution in [2.75, 3.05) is 18.1 Å². The molecule has 1 saturated heterocycles. The average Bonchev–Trinajstić information content (AvgIpc) is 3.25. The van der Waals surface area contributed by atoms with Crippen molar-refractivity contribution in [3.63, 3.8) is 0 Å². The molecule has 2 aromatic heterocycles. The van der Waals surface area contributed by atoms with Gasteiger partial charge in [-0.1, -0.05) is 36.4 Å². The predicted octanol–water partition coefficient (Wildman–Crippen LogP) is 2.67. The Hall–Kier alpha value is -3.32. The number of hydrogen-bond donors (Lipinski definition) is 1. The summed E-state index contributed by atoms with van der Waals surface area (Å²) < 4.78 is 1.61. The Bertz CT molecular complexity index is 1250. The molecule has 5 rings (SSSR count). The maximum Gasteiger partial charge on any atom is 0.261 e. The van der Waals surface area contributed by atoms with E-state index in [0.717, 1.165) is 36.0 Å². The number of nitrogens with zero attached hydrogens (tertiary/aromatic N) is 5. The number of anilines is 1. The lowest BCUT2D eigenvalue weighted by Crippen LogP contribution is -2.33. The molecule has 1 aliphatic heterocycles. The molecule has 2 aromatic carbocycles. The number of fused-ring (bicyclic) bond motifs is 2. The predicted molar refractivity (Wildman–Crippen MR) is 112 cm³/mol. The first kappa shape index (κ1) is 17.8. The summed E-state index contributed by atoms with van der Waals surface area (Å²) in [5.74, 6) is 1.48. The van der Waals surface area contributed by atoms with E-state index in [1.807, 2.05) is 42.5 Å². The van der Waals surface area contributed by atoms with Crippen molar-refractivity contribution >= 4 is 27.5 Å². The van der Waals surface area contributed by atoms with Gasteiger partial charge in [0.1, 0.15) is 5.82 Å². The zero-order chi connectivity index (χ0) is 19.8. The van der Waals surface area contributed by atoms with E-state index in [2.05, 4.69) is 15.1 Å². The molecule has 0 saturated carbocycles. The number of para-hydroxylation sites is 1. The van der Waals surface area contributed by atoms with Crippen LogP contribution in [0.3, 0.4) is 0 Å². The smallest absolute Gasteiger partial charge is 0.261 e. The van der Waals surface area contributed by atoms with Crippen LogP contribution in [0.15, 0.2) is 59.5 Å². The minimum Gasteiger partial charge on any atom is -0.395 e. The summed E-state index contributed by atoms with van der Waals surface area (Å²) >= 11 is 0. The minimum atomic E-state index is -0.117. The van der Waals surface area contributed by atoms with Gasteiger partial charge in [0.2, 0.25) is 0 Å². The fraction of sp³-hybridized carbons (Fsp3) is 0.273. The second-order valence-electron chi connectivity index (χ2n) is 7.27. The van der Waals surface area contributed by atoms with Gasteiger partial charge in [0.15, 0.2) is 5.82 Å². The van der Waals surface area contributed by atoms with Crippen molar-refractivity contribution in [1.82, 2.24) is 19.7 Å². The van der Waals surface area contributed by atoms with E-state index < -0.39 is 0 Å². The molecule has 1 fully saturated rings. The van der Waals surface area contributed by atoms with Crippen molar-refractivity contribution in [1.29, 1.82) is 0 Å². The van der Waals surface area contributed by atoms with E-state index in [9.17, 15) is 9.90 Å². The van der Waals surface area contributed by atoms with E-state index in [1.54, 1.807) is 16.8 Å². The third kappa shape index (κ3) is 2.94. The van der Waals surface area contributed by atoms with Crippen LogP contribution in [0.5, 0.6) is 0 Å². The lowest BCUT2D eigenvalue weighted by atomic mass is 10.1. The largest absolute Gasteiger partial charge is 0.395 e. The van der Waals surface area contributed by atoms with Crippen LogP contribution in [0.4, 0.5) is 5.82 Å². The molecule has 7 heteroatoms. The van der Waals surface area contributed by atoms with Crippen molar-refractivity contribution < 1.29 is 5.11 Å². The van der Waals surface area contributed by atoms with Gasteiger partial charge in [0, 0.05) is 17.3 Å². The van der Waals surface area contributed by atoms with Gasteiger partial charge in [-0.3, -0.25) is 9.36 Å². The molecule has 0 radical (unpaired) electrons. The molecule has 1 unspecified atom stereocenters. The van der Waals surface area contributed by atoms with Crippen LogP contribution in [0, 0.1) is 0 Å². The van der Waals surface area contributed by atoms with Gasteiger partial charge in [0.05, 0.1) is 36.3 Å². The maximum atomic E-state index is 13.1. The van der Waals surface area contributed by atoms with Crippen molar-refractivity contribution in [3.8, 4) is 0 Å². The van der Waals surface area contributed by atoms with Crippen LogP contribution in [0.1, 0.15) is 24.7 Å². The Morgan fingerprint density at radius 3 is 2.72 bits per heavy atom. The highest BCUT2D eigenvalue weighted by Crippen LogP contribution is 2.37. The molecule has 0 amide bonds. The van der Waals surface area contributed by atoms with Gasteiger partial charge in [-0.2, -0.15) is 5.10 Å². The molecule has 1 N–H and O–H groups in total. The van der Waals surface area contributed by atoms with Gasteiger partial charge in [-0.25, -0.2) is 4.98 Å². The highest BCUT2D eigenvalue weighted by molar-refractivity contribution is 5.91. The Labute approximate surface area is 167 Å². The van der Waals surface area contributed by atoms with Crippen LogP contribution in [0.25, 0.3) is 21.7 Å². The van der Waals surface area contributed by atoms with Gasteiger partial charge in [-0.05, 0) is 25.0 Å². The fourth-order valence-electron chi connectivity index (χ4n) is 4.27. The van der Waals surface area contributed by atoms with Crippen molar-refractivity contribution in [2.45, 2.75) is 25.4 Å². The Balaban J connectivity index is 1.69. The second-order valence-corrected chi connectivity index (χ2v) is 7.27. The Morgan fingerprint density at radius 1 is 1.07 bits per heavy atom. The SMILES string of the molecule is O=c1c2ccccc2nc(C2CCCN2c2nncc3ccccc23)n1CCO. The van der Waals surface area contributed by atoms with Crippen LogP contribution < -0.4 is 10.5 Å². The van der Waals surface area contributed by atoms with Gasteiger partial charge >= 0.3 is 0 Å². The standard InChI is InChI=1S/C22H21N5O2/c28-13-12-27-21(24-18-9-4-3-8-17(18)22(27)29)19-10-5-11-26(19)20-16-7-2-1-6-15(16)14-23-25-20/h1-4,6-9,14,19,28H,5,10-13H2. The first-order valence-corrected chi connectivity index (χ1v) is 9.85. The van der Waals surface area contributed by atoms with E-state index in [-0.39, 0.29) is 24.8 Å². The molecule has 146 valence electrons. The van der Waals surface area contributed by atoms with Crippen LogP contribution >= 0.6 is 0 Å².